The highest BCUT2D eigenvalue weighted by molar-refractivity contribution is 5.99. The van der Waals surface area contributed by atoms with Crippen LogP contribution >= 0.6 is 0 Å². The van der Waals surface area contributed by atoms with Crippen LogP contribution in [0.25, 0.3) is 0 Å². The van der Waals surface area contributed by atoms with Gasteiger partial charge in [0, 0.05) is 19.1 Å². The number of aliphatic hydroxyl groups excluding tert-OH is 1. The molecule has 0 aromatic heterocycles. The zero-order valence-electron chi connectivity index (χ0n) is 12.3. The summed E-state index contributed by atoms with van der Waals surface area (Å²) in [5, 5.41) is 12.0. The number of carbonyl (C=O) groups is 1. The standard InChI is InChI=1S/C15H23FN2O2/c1-4-8-17-14-12(6-5-7-13(14)16)15(20)18(9-10-19)11(2)3/h5-7,11,17,19H,4,8-10H2,1-3H3. The molecule has 1 amide bonds. The molecule has 0 heterocycles. The first-order chi connectivity index (χ1) is 9.52. The number of hydrogen-bond acceptors (Lipinski definition) is 3. The van der Waals surface area contributed by atoms with E-state index >= 15 is 0 Å². The number of hydrogen-bond donors (Lipinski definition) is 2. The average Bonchev–Trinajstić information content (AvgIpc) is 2.42. The molecular formula is C15H23FN2O2. The lowest BCUT2D eigenvalue weighted by atomic mass is 10.1. The van der Waals surface area contributed by atoms with Crippen LogP contribution in [0.4, 0.5) is 10.1 Å². The number of rotatable bonds is 7. The maximum Gasteiger partial charge on any atom is 0.256 e. The minimum Gasteiger partial charge on any atom is -0.395 e. The molecule has 0 atom stereocenters. The molecule has 0 bridgehead atoms. The van der Waals surface area contributed by atoms with Crippen molar-refractivity contribution in [2.24, 2.45) is 0 Å². The van der Waals surface area contributed by atoms with Crippen LogP contribution in [0.15, 0.2) is 18.2 Å². The highest BCUT2D eigenvalue weighted by Crippen LogP contribution is 2.22. The monoisotopic (exact) mass is 282 g/mol. The molecule has 1 aromatic carbocycles. The van der Waals surface area contributed by atoms with Gasteiger partial charge in [0.15, 0.2) is 0 Å². The van der Waals surface area contributed by atoms with Gasteiger partial charge in [-0.2, -0.15) is 0 Å². The Morgan fingerprint density at radius 2 is 2.15 bits per heavy atom. The van der Waals surface area contributed by atoms with Crippen LogP contribution in [-0.4, -0.2) is 41.7 Å². The number of carbonyl (C=O) groups excluding carboxylic acids is 1. The van der Waals surface area contributed by atoms with E-state index in [4.69, 9.17) is 5.11 Å². The molecule has 0 saturated heterocycles. The molecule has 0 spiro atoms. The van der Waals surface area contributed by atoms with Crippen molar-refractivity contribution in [2.45, 2.75) is 33.2 Å². The second-order valence-corrected chi connectivity index (χ2v) is 4.91. The first-order valence-electron chi connectivity index (χ1n) is 6.97. The smallest absolute Gasteiger partial charge is 0.256 e. The summed E-state index contributed by atoms with van der Waals surface area (Å²) < 4.78 is 13.9. The predicted molar refractivity (Wildman–Crippen MR) is 78.4 cm³/mol. The fraction of sp³-hybridized carbons (Fsp3) is 0.533. The Balaban J connectivity index is 3.10. The quantitative estimate of drug-likeness (QED) is 0.808. The predicted octanol–water partition coefficient (Wildman–Crippen LogP) is 2.49. The van der Waals surface area contributed by atoms with Crippen molar-refractivity contribution in [1.82, 2.24) is 4.90 Å². The van der Waals surface area contributed by atoms with Gasteiger partial charge in [0.1, 0.15) is 5.82 Å². The van der Waals surface area contributed by atoms with Gasteiger partial charge in [0.25, 0.3) is 5.91 Å². The van der Waals surface area contributed by atoms with E-state index < -0.39 is 5.82 Å². The Kier molecular flexibility index (Phi) is 6.45. The van der Waals surface area contributed by atoms with Crippen molar-refractivity contribution in [3.63, 3.8) is 0 Å². The Morgan fingerprint density at radius 1 is 1.45 bits per heavy atom. The summed E-state index contributed by atoms with van der Waals surface area (Å²) in [6.45, 7) is 6.43. The van der Waals surface area contributed by atoms with E-state index in [-0.39, 0.29) is 30.8 Å². The largest absolute Gasteiger partial charge is 0.395 e. The lowest BCUT2D eigenvalue weighted by Crippen LogP contribution is -2.39. The van der Waals surface area contributed by atoms with Crippen molar-refractivity contribution in [2.75, 3.05) is 25.0 Å². The molecule has 1 rings (SSSR count). The van der Waals surface area contributed by atoms with Crippen molar-refractivity contribution in [3.8, 4) is 0 Å². The van der Waals surface area contributed by atoms with Crippen molar-refractivity contribution < 1.29 is 14.3 Å². The van der Waals surface area contributed by atoms with Crippen LogP contribution in [-0.2, 0) is 0 Å². The molecule has 112 valence electrons. The number of amides is 1. The molecule has 2 N–H and O–H groups in total. The third kappa shape index (κ3) is 3.93. The van der Waals surface area contributed by atoms with Gasteiger partial charge in [0.05, 0.1) is 17.9 Å². The third-order valence-electron chi connectivity index (χ3n) is 3.02. The summed E-state index contributed by atoms with van der Waals surface area (Å²) in [5.41, 5.74) is 0.545. The summed E-state index contributed by atoms with van der Waals surface area (Å²) in [7, 11) is 0. The molecule has 0 saturated carbocycles. The molecule has 0 radical (unpaired) electrons. The molecule has 4 nitrogen and oxygen atoms in total. The molecule has 20 heavy (non-hydrogen) atoms. The average molecular weight is 282 g/mol. The molecule has 0 unspecified atom stereocenters. The van der Waals surface area contributed by atoms with Gasteiger partial charge in [-0.15, -0.1) is 0 Å². The summed E-state index contributed by atoms with van der Waals surface area (Å²) in [6.07, 6.45) is 0.840. The number of aliphatic hydroxyl groups is 1. The number of anilines is 1. The SMILES string of the molecule is CCCNc1c(F)cccc1C(=O)N(CCO)C(C)C. The van der Waals surface area contributed by atoms with Gasteiger partial charge < -0.3 is 15.3 Å². The van der Waals surface area contributed by atoms with Gasteiger partial charge in [-0.05, 0) is 32.4 Å². The maximum absolute atomic E-state index is 13.9. The van der Waals surface area contributed by atoms with Crippen LogP contribution in [0, 0.1) is 5.82 Å². The van der Waals surface area contributed by atoms with E-state index in [1.807, 2.05) is 20.8 Å². The van der Waals surface area contributed by atoms with E-state index in [1.54, 1.807) is 6.07 Å². The van der Waals surface area contributed by atoms with Gasteiger partial charge in [0.2, 0.25) is 0 Å². The Bertz CT molecular complexity index is 449. The van der Waals surface area contributed by atoms with Crippen molar-refractivity contribution in [3.05, 3.63) is 29.6 Å². The first-order valence-corrected chi connectivity index (χ1v) is 6.97. The van der Waals surface area contributed by atoms with Crippen molar-refractivity contribution >= 4 is 11.6 Å². The minimum atomic E-state index is -0.433. The topological polar surface area (TPSA) is 52.6 Å². The second-order valence-electron chi connectivity index (χ2n) is 4.91. The summed E-state index contributed by atoms with van der Waals surface area (Å²) in [5.74, 6) is -0.704. The number of benzene rings is 1. The molecule has 0 fully saturated rings. The number of nitrogens with one attached hydrogen (secondary N) is 1. The van der Waals surface area contributed by atoms with E-state index in [2.05, 4.69) is 5.32 Å². The second kappa shape index (κ2) is 7.85. The number of nitrogens with zero attached hydrogens (tertiary/aromatic N) is 1. The Morgan fingerprint density at radius 3 is 2.70 bits per heavy atom. The van der Waals surface area contributed by atoms with Crippen LogP contribution in [0.1, 0.15) is 37.6 Å². The molecule has 0 aliphatic heterocycles. The summed E-state index contributed by atoms with van der Waals surface area (Å²) in [6, 6.07) is 4.41. The lowest BCUT2D eigenvalue weighted by Gasteiger charge is -2.27. The summed E-state index contributed by atoms with van der Waals surface area (Å²) >= 11 is 0. The van der Waals surface area contributed by atoms with E-state index in [9.17, 15) is 9.18 Å². The van der Waals surface area contributed by atoms with Crippen LogP contribution < -0.4 is 5.32 Å². The fourth-order valence-corrected chi connectivity index (χ4v) is 1.99. The fourth-order valence-electron chi connectivity index (χ4n) is 1.99. The molecule has 0 aliphatic rings. The maximum atomic E-state index is 13.9. The Labute approximate surface area is 119 Å². The van der Waals surface area contributed by atoms with Crippen LogP contribution in [0.3, 0.4) is 0 Å². The normalized spacial score (nSPS) is 10.7. The molecule has 1 aromatic rings. The van der Waals surface area contributed by atoms with Crippen LogP contribution in [0.2, 0.25) is 0 Å². The third-order valence-corrected chi connectivity index (χ3v) is 3.02. The van der Waals surface area contributed by atoms with E-state index in [0.717, 1.165) is 6.42 Å². The van der Waals surface area contributed by atoms with Crippen molar-refractivity contribution in [1.29, 1.82) is 0 Å². The van der Waals surface area contributed by atoms with Crippen LogP contribution in [0.5, 0.6) is 0 Å². The molecule has 5 heteroatoms. The molecular weight excluding hydrogens is 259 g/mol. The highest BCUT2D eigenvalue weighted by atomic mass is 19.1. The van der Waals surface area contributed by atoms with Gasteiger partial charge in [-0.1, -0.05) is 13.0 Å². The highest BCUT2D eigenvalue weighted by Gasteiger charge is 2.22. The van der Waals surface area contributed by atoms with E-state index in [1.165, 1.54) is 17.0 Å². The number of para-hydroxylation sites is 1. The number of halogens is 1. The first kappa shape index (κ1) is 16.4. The van der Waals surface area contributed by atoms with Gasteiger partial charge >= 0.3 is 0 Å². The lowest BCUT2D eigenvalue weighted by molar-refractivity contribution is 0.0666. The Hall–Kier alpha value is -1.62. The zero-order valence-corrected chi connectivity index (χ0v) is 12.3. The zero-order chi connectivity index (χ0) is 15.1. The molecule has 0 aliphatic carbocycles. The summed E-state index contributed by atoms with van der Waals surface area (Å²) in [4.78, 5) is 14.1. The van der Waals surface area contributed by atoms with Gasteiger partial charge in [-0.25, -0.2) is 4.39 Å². The van der Waals surface area contributed by atoms with Gasteiger partial charge in [-0.3, -0.25) is 4.79 Å². The van der Waals surface area contributed by atoms with E-state index in [0.29, 0.717) is 12.1 Å². The minimum absolute atomic E-state index is 0.0584.